The van der Waals surface area contributed by atoms with Crippen LogP contribution in [0.1, 0.15) is 67.3 Å². The first-order valence-electron chi connectivity index (χ1n) is 10.9. The molecule has 2 fully saturated rings. The summed E-state index contributed by atoms with van der Waals surface area (Å²) in [5.74, 6) is 2.46. The molecule has 2 saturated carbocycles. The minimum absolute atomic E-state index is 0.177. The number of hydrogen-bond acceptors (Lipinski definition) is 4. The predicted molar refractivity (Wildman–Crippen MR) is 116 cm³/mol. The number of phenolic OH excluding ortho intramolecular Hbond substituents is 1. The highest BCUT2D eigenvalue weighted by Gasteiger charge is 2.53. The van der Waals surface area contributed by atoms with Crippen LogP contribution in [0.15, 0.2) is 34.6 Å². The van der Waals surface area contributed by atoms with Crippen LogP contribution >= 0.6 is 0 Å². The maximum Gasteiger partial charge on any atom is 0.115 e. The van der Waals surface area contributed by atoms with Gasteiger partial charge in [-0.05, 0) is 86.5 Å². The van der Waals surface area contributed by atoms with E-state index in [1.165, 1.54) is 42.5 Å². The molecule has 5 nitrogen and oxygen atoms in total. The molecule has 5 rings (SSSR count). The fraction of sp³-hybridized carbons (Fsp3) is 0.542. The maximum atomic E-state index is 9.86. The summed E-state index contributed by atoms with van der Waals surface area (Å²) in [6.45, 7) is 4.48. The lowest BCUT2D eigenvalue weighted by Gasteiger charge is -2.49. The van der Waals surface area contributed by atoms with Gasteiger partial charge in [-0.15, -0.1) is 0 Å². The summed E-state index contributed by atoms with van der Waals surface area (Å²) in [5, 5.41) is 23.3. The summed E-state index contributed by atoms with van der Waals surface area (Å²) in [6.07, 6.45) is 10.7. The number of aromatic hydroxyl groups is 1. The molecule has 29 heavy (non-hydrogen) atoms. The van der Waals surface area contributed by atoms with Crippen molar-refractivity contribution in [1.29, 1.82) is 0 Å². The van der Waals surface area contributed by atoms with E-state index >= 15 is 0 Å². The Kier molecular flexibility index (Phi) is 4.37. The largest absolute Gasteiger partial charge is 0.508 e. The highest BCUT2D eigenvalue weighted by molar-refractivity contribution is 5.93. The molecule has 0 spiro atoms. The third kappa shape index (κ3) is 2.93. The average Bonchev–Trinajstić information content (AvgIpc) is 3.21. The van der Waals surface area contributed by atoms with Crippen LogP contribution in [-0.4, -0.2) is 26.8 Å². The molecule has 5 heteroatoms. The van der Waals surface area contributed by atoms with Crippen LogP contribution in [0.3, 0.4) is 0 Å². The van der Waals surface area contributed by atoms with E-state index in [9.17, 15) is 5.11 Å². The smallest absolute Gasteiger partial charge is 0.115 e. The Morgan fingerprint density at radius 1 is 1.24 bits per heavy atom. The molecule has 4 atom stereocenters. The van der Waals surface area contributed by atoms with Crippen molar-refractivity contribution >= 4 is 11.9 Å². The monoisotopic (exact) mass is 390 g/mol. The Balaban J connectivity index is 1.39. The van der Waals surface area contributed by atoms with Gasteiger partial charge in [-0.1, -0.05) is 13.0 Å². The van der Waals surface area contributed by atoms with E-state index in [-0.39, 0.29) is 5.41 Å². The van der Waals surface area contributed by atoms with Gasteiger partial charge in [0.15, 0.2) is 0 Å². The van der Waals surface area contributed by atoms with Crippen LogP contribution < -0.4 is 0 Å². The van der Waals surface area contributed by atoms with Crippen LogP contribution in [0.4, 0.5) is 0 Å². The first-order valence-corrected chi connectivity index (χ1v) is 10.9. The van der Waals surface area contributed by atoms with Crippen LogP contribution in [0, 0.1) is 24.2 Å². The molecular formula is C24H30N4O. The van der Waals surface area contributed by atoms with Gasteiger partial charge in [0.2, 0.25) is 0 Å². The summed E-state index contributed by atoms with van der Waals surface area (Å²) < 4.78 is 1.86. The quantitative estimate of drug-likeness (QED) is 0.593. The molecule has 1 aromatic heterocycles. The molecule has 152 valence electrons. The van der Waals surface area contributed by atoms with Crippen molar-refractivity contribution in [3.8, 4) is 5.75 Å². The van der Waals surface area contributed by atoms with Gasteiger partial charge in [-0.25, -0.2) is 0 Å². The Morgan fingerprint density at radius 2 is 2.10 bits per heavy atom. The number of fused-ring (bicyclic) bond motifs is 5. The summed E-state index contributed by atoms with van der Waals surface area (Å²) in [4.78, 5) is 0. The second kappa shape index (κ2) is 6.82. The van der Waals surface area contributed by atoms with Crippen molar-refractivity contribution in [2.45, 2.75) is 58.3 Å². The fourth-order valence-corrected chi connectivity index (χ4v) is 6.32. The van der Waals surface area contributed by atoms with Gasteiger partial charge in [-0.2, -0.15) is 15.3 Å². The number of hydrogen-bond donors (Lipinski definition) is 1. The van der Waals surface area contributed by atoms with Gasteiger partial charge in [0.25, 0.3) is 0 Å². The second-order valence-electron chi connectivity index (χ2n) is 9.39. The molecule has 0 bridgehead atoms. The first-order chi connectivity index (χ1) is 14.0. The number of aryl methyl sites for hydroxylation is 2. The molecule has 1 heterocycles. The highest BCUT2D eigenvalue weighted by Crippen LogP contribution is 2.60. The SMILES string of the molecule is Cc1c(/C=N/N=C2\CC[C@H]3[C@@H]4CCc5cc(O)ccc5[C@H]4CC[C@]23C)cnn1C. The highest BCUT2D eigenvalue weighted by atomic mass is 16.3. The molecule has 3 aliphatic rings. The Morgan fingerprint density at radius 3 is 2.90 bits per heavy atom. The van der Waals surface area contributed by atoms with E-state index in [4.69, 9.17) is 5.10 Å². The van der Waals surface area contributed by atoms with Crippen molar-refractivity contribution < 1.29 is 5.11 Å². The van der Waals surface area contributed by atoms with Gasteiger partial charge in [0, 0.05) is 29.4 Å². The van der Waals surface area contributed by atoms with Crippen LogP contribution in [-0.2, 0) is 13.5 Å². The van der Waals surface area contributed by atoms with Crippen molar-refractivity contribution in [1.82, 2.24) is 9.78 Å². The predicted octanol–water partition coefficient (Wildman–Crippen LogP) is 4.77. The second-order valence-corrected chi connectivity index (χ2v) is 9.39. The van der Waals surface area contributed by atoms with Crippen LogP contribution in [0.2, 0.25) is 0 Å². The van der Waals surface area contributed by atoms with Gasteiger partial charge in [-0.3, -0.25) is 4.68 Å². The number of phenols is 1. The van der Waals surface area contributed by atoms with Crippen LogP contribution in [0.25, 0.3) is 0 Å². The topological polar surface area (TPSA) is 62.8 Å². The maximum absolute atomic E-state index is 9.86. The lowest BCUT2D eigenvalue weighted by molar-refractivity contribution is 0.0955. The molecule has 1 N–H and O–H groups in total. The third-order valence-corrected chi connectivity index (χ3v) is 8.10. The standard InChI is InChI=1S/C24H30N4O/c1-15-17(14-26-28(15)3)13-25-27-23-9-8-22-21-6-4-16-12-18(29)5-7-19(16)20(21)10-11-24(22,23)2/h5,7,12-14,20-22,29H,4,6,8-11H2,1-3H3/b25-13+,27-23+/t20-,21-,22+,24+/m1/s1. The molecule has 0 aliphatic heterocycles. The summed E-state index contributed by atoms with van der Waals surface area (Å²) >= 11 is 0. The zero-order valence-electron chi connectivity index (χ0n) is 17.6. The molecule has 0 radical (unpaired) electrons. The Hall–Kier alpha value is -2.43. The first kappa shape index (κ1) is 18.6. The summed E-state index contributed by atoms with van der Waals surface area (Å²) in [5.41, 5.74) is 6.45. The minimum Gasteiger partial charge on any atom is -0.508 e. The minimum atomic E-state index is 0.177. The fourth-order valence-electron chi connectivity index (χ4n) is 6.32. The van der Waals surface area contributed by atoms with E-state index < -0.39 is 0 Å². The van der Waals surface area contributed by atoms with Crippen molar-refractivity contribution in [3.05, 3.63) is 46.8 Å². The molecule has 0 unspecified atom stereocenters. The Bertz CT molecular complexity index is 1000. The molecule has 1 aromatic carbocycles. The van der Waals surface area contributed by atoms with Gasteiger partial charge in [0.1, 0.15) is 5.75 Å². The lowest BCUT2D eigenvalue weighted by Crippen LogP contribution is -2.42. The van der Waals surface area contributed by atoms with Crippen molar-refractivity contribution in [2.24, 2.45) is 34.5 Å². The molecule has 3 aliphatic carbocycles. The van der Waals surface area contributed by atoms with Crippen molar-refractivity contribution in [3.63, 3.8) is 0 Å². The van der Waals surface area contributed by atoms with E-state index in [1.54, 1.807) is 0 Å². The van der Waals surface area contributed by atoms with E-state index in [1.807, 2.05) is 36.3 Å². The van der Waals surface area contributed by atoms with E-state index in [2.05, 4.69) is 30.1 Å². The molecular weight excluding hydrogens is 360 g/mol. The molecule has 2 aromatic rings. The van der Waals surface area contributed by atoms with Crippen LogP contribution in [0.5, 0.6) is 5.75 Å². The Labute approximate surface area is 172 Å². The van der Waals surface area contributed by atoms with Gasteiger partial charge >= 0.3 is 0 Å². The van der Waals surface area contributed by atoms with Gasteiger partial charge < -0.3 is 5.11 Å². The third-order valence-electron chi connectivity index (χ3n) is 8.10. The lowest BCUT2D eigenvalue weighted by atomic mass is 9.55. The number of nitrogens with zero attached hydrogens (tertiary/aromatic N) is 4. The summed E-state index contributed by atoms with van der Waals surface area (Å²) in [7, 11) is 1.95. The van der Waals surface area contributed by atoms with Crippen molar-refractivity contribution in [2.75, 3.05) is 0 Å². The van der Waals surface area contributed by atoms with E-state index in [0.29, 0.717) is 17.6 Å². The van der Waals surface area contributed by atoms with E-state index in [0.717, 1.165) is 30.0 Å². The zero-order valence-corrected chi connectivity index (χ0v) is 17.6. The molecule has 0 saturated heterocycles. The molecule has 0 amide bonds. The number of benzene rings is 1. The summed E-state index contributed by atoms with van der Waals surface area (Å²) in [6, 6.07) is 6.02. The number of aromatic nitrogens is 2. The van der Waals surface area contributed by atoms with Gasteiger partial charge in [0.05, 0.1) is 12.4 Å². The average molecular weight is 391 g/mol. The zero-order chi connectivity index (χ0) is 20.2. The number of rotatable bonds is 2. The normalized spacial score (nSPS) is 32.4.